The molecule has 1 saturated carbocycles. The molecule has 1 heteroatoms. The Kier molecular flexibility index (Phi) is 4.11. The second-order valence-electron chi connectivity index (χ2n) is 6.76. The van der Waals surface area contributed by atoms with Crippen molar-refractivity contribution >= 4 is 0 Å². The molecule has 0 aliphatic heterocycles. The average Bonchev–Trinajstić information content (AvgIpc) is 2.27. The molecular formula is C17H26O. The first-order valence-corrected chi connectivity index (χ1v) is 7.23. The van der Waals surface area contributed by atoms with Crippen LogP contribution in [0.25, 0.3) is 0 Å². The number of rotatable bonds is 3. The summed E-state index contributed by atoms with van der Waals surface area (Å²) in [5.41, 5.74) is 3.23. The normalized spacial score (nSPS) is 24.8. The van der Waals surface area contributed by atoms with Crippen molar-refractivity contribution < 1.29 is 5.11 Å². The van der Waals surface area contributed by atoms with Crippen molar-refractivity contribution in [2.75, 3.05) is 0 Å². The first kappa shape index (κ1) is 13.6. The molecule has 1 nitrogen and oxygen atoms in total. The van der Waals surface area contributed by atoms with Crippen molar-refractivity contribution in [1.82, 2.24) is 0 Å². The van der Waals surface area contributed by atoms with E-state index in [0.717, 1.165) is 6.42 Å². The maximum atomic E-state index is 9.49. The molecule has 1 aromatic rings. The van der Waals surface area contributed by atoms with Crippen LogP contribution in [0.2, 0.25) is 0 Å². The molecule has 0 saturated heterocycles. The highest BCUT2D eigenvalue weighted by molar-refractivity contribution is 5.27. The summed E-state index contributed by atoms with van der Waals surface area (Å²) in [5, 5.41) is 9.49. The Morgan fingerprint density at radius 1 is 1.39 bits per heavy atom. The summed E-state index contributed by atoms with van der Waals surface area (Å²) in [5.74, 6) is 0.711. The number of hydrogen-bond donors (Lipinski definition) is 1. The van der Waals surface area contributed by atoms with Crippen molar-refractivity contribution in [2.24, 2.45) is 5.41 Å². The lowest BCUT2D eigenvalue weighted by molar-refractivity contribution is 0.195. The van der Waals surface area contributed by atoms with Crippen LogP contribution in [-0.4, -0.2) is 11.2 Å². The van der Waals surface area contributed by atoms with E-state index in [-0.39, 0.29) is 6.10 Å². The minimum atomic E-state index is -0.247. The number of aliphatic hydroxyl groups excluding tert-OH is 1. The molecule has 0 spiro atoms. The summed E-state index contributed by atoms with van der Waals surface area (Å²) >= 11 is 0. The molecule has 1 aliphatic rings. The molecule has 2 rings (SSSR count). The van der Waals surface area contributed by atoms with Crippen LogP contribution in [0.15, 0.2) is 24.3 Å². The van der Waals surface area contributed by atoms with E-state index in [1.807, 2.05) is 6.92 Å². The van der Waals surface area contributed by atoms with E-state index in [1.165, 1.54) is 36.8 Å². The summed E-state index contributed by atoms with van der Waals surface area (Å²) in [6.07, 6.45) is 5.84. The van der Waals surface area contributed by atoms with Crippen LogP contribution in [0.3, 0.4) is 0 Å². The van der Waals surface area contributed by atoms with Gasteiger partial charge in [0.25, 0.3) is 0 Å². The minimum Gasteiger partial charge on any atom is -0.393 e. The van der Waals surface area contributed by atoms with Gasteiger partial charge in [-0.3, -0.25) is 0 Å². The first-order valence-electron chi connectivity index (χ1n) is 7.23. The average molecular weight is 246 g/mol. The first-order chi connectivity index (χ1) is 8.46. The fourth-order valence-electron chi connectivity index (χ4n) is 3.30. The third kappa shape index (κ3) is 3.58. The third-order valence-electron chi connectivity index (χ3n) is 4.16. The van der Waals surface area contributed by atoms with Crippen molar-refractivity contribution in [1.29, 1.82) is 0 Å². The highest BCUT2D eigenvalue weighted by Crippen LogP contribution is 2.43. The zero-order valence-electron chi connectivity index (χ0n) is 11.9. The fourth-order valence-corrected chi connectivity index (χ4v) is 3.30. The van der Waals surface area contributed by atoms with E-state index in [0.29, 0.717) is 11.3 Å². The van der Waals surface area contributed by atoms with Crippen LogP contribution in [-0.2, 0) is 6.42 Å². The Balaban J connectivity index is 2.12. The quantitative estimate of drug-likeness (QED) is 0.843. The van der Waals surface area contributed by atoms with Gasteiger partial charge in [0.1, 0.15) is 0 Å². The van der Waals surface area contributed by atoms with Crippen molar-refractivity contribution in [3.05, 3.63) is 35.4 Å². The standard InChI is InChI=1S/C17H26O/c1-13(18)10-14-6-4-7-15(11-14)16-8-5-9-17(2,3)12-16/h4,6-7,11,13,16,18H,5,8-10,12H2,1-3H3. The van der Waals surface area contributed by atoms with Crippen molar-refractivity contribution in [2.45, 2.75) is 64.9 Å². The third-order valence-corrected chi connectivity index (χ3v) is 4.16. The molecule has 2 atom stereocenters. The molecule has 0 heterocycles. The topological polar surface area (TPSA) is 20.2 Å². The molecule has 1 N–H and O–H groups in total. The van der Waals surface area contributed by atoms with Gasteiger partial charge in [0.2, 0.25) is 0 Å². The van der Waals surface area contributed by atoms with E-state index in [4.69, 9.17) is 0 Å². The van der Waals surface area contributed by atoms with Crippen LogP contribution in [0.4, 0.5) is 0 Å². The molecule has 100 valence electrons. The minimum absolute atomic E-state index is 0.247. The largest absolute Gasteiger partial charge is 0.393 e. The van der Waals surface area contributed by atoms with Crippen molar-refractivity contribution in [3.63, 3.8) is 0 Å². The Morgan fingerprint density at radius 2 is 2.17 bits per heavy atom. The molecule has 1 aromatic carbocycles. The summed E-state index contributed by atoms with van der Waals surface area (Å²) in [4.78, 5) is 0. The molecule has 2 unspecified atom stereocenters. The molecule has 0 bridgehead atoms. The van der Waals surface area contributed by atoms with Crippen LogP contribution in [0.1, 0.15) is 63.5 Å². The molecule has 18 heavy (non-hydrogen) atoms. The molecule has 0 radical (unpaired) electrons. The second kappa shape index (κ2) is 5.44. The monoisotopic (exact) mass is 246 g/mol. The molecule has 0 aromatic heterocycles. The summed E-state index contributed by atoms with van der Waals surface area (Å²) in [6, 6.07) is 8.84. The Morgan fingerprint density at radius 3 is 2.83 bits per heavy atom. The van der Waals surface area contributed by atoms with Crippen LogP contribution in [0, 0.1) is 5.41 Å². The SMILES string of the molecule is CC(O)Cc1cccc(C2CCCC(C)(C)C2)c1. The Hall–Kier alpha value is -0.820. The summed E-state index contributed by atoms with van der Waals surface area (Å²) < 4.78 is 0. The maximum Gasteiger partial charge on any atom is 0.0552 e. The van der Waals surface area contributed by atoms with Crippen LogP contribution >= 0.6 is 0 Å². The molecule has 1 fully saturated rings. The van der Waals surface area contributed by atoms with E-state index in [9.17, 15) is 5.11 Å². The number of hydrogen-bond acceptors (Lipinski definition) is 1. The number of benzene rings is 1. The lowest BCUT2D eigenvalue weighted by Gasteiger charge is -2.35. The predicted octanol–water partition coefficient (Wildman–Crippen LogP) is 4.29. The second-order valence-corrected chi connectivity index (χ2v) is 6.76. The van der Waals surface area contributed by atoms with E-state index in [2.05, 4.69) is 38.1 Å². The van der Waals surface area contributed by atoms with Gasteiger partial charge < -0.3 is 5.11 Å². The van der Waals surface area contributed by atoms with Crippen LogP contribution < -0.4 is 0 Å². The maximum absolute atomic E-state index is 9.49. The van der Waals surface area contributed by atoms with Gasteiger partial charge in [0, 0.05) is 0 Å². The van der Waals surface area contributed by atoms with Crippen molar-refractivity contribution in [3.8, 4) is 0 Å². The predicted molar refractivity (Wildman–Crippen MR) is 76.8 cm³/mol. The lowest BCUT2D eigenvalue weighted by atomic mass is 9.70. The summed E-state index contributed by atoms with van der Waals surface area (Å²) in [6.45, 7) is 6.63. The smallest absolute Gasteiger partial charge is 0.0552 e. The number of aliphatic hydroxyl groups is 1. The van der Waals surface area contributed by atoms with Gasteiger partial charge in [0.05, 0.1) is 6.10 Å². The molecule has 1 aliphatic carbocycles. The van der Waals surface area contributed by atoms with Crippen LogP contribution in [0.5, 0.6) is 0 Å². The highest BCUT2D eigenvalue weighted by atomic mass is 16.3. The van der Waals surface area contributed by atoms with Gasteiger partial charge in [0.15, 0.2) is 0 Å². The van der Waals surface area contributed by atoms with Gasteiger partial charge in [-0.25, -0.2) is 0 Å². The molecular weight excluding hydrogens is 220 g/mol. The van der Waals surface area contributed by atoms with Gasteiger partial charge in [-0.1, -0.05) is 44.5 Å². The van der Waals surface area contributed by atoms with Gasteiger partial charge in [-0.15, -0.1) is 0 Å². The Labute approximate surface area is 111 Å². The van der Waals surface area contributed by atoms with Gasteiger partial charge in [-0.05, 0) is 55.1 Å². The van der Waals surface area contributed by atoms with Gasteiger partial charge in [-0.2, -0.15) is 0 Å². The zero-order valence-corrected chi connectivity index (χ0v) is 11.9. The van der Waals surface area contributed by atoms with Gasteiger partial charge >= 0.3 is 0 Å². The van der Waals surface area contributed by atoms with E-state index < -0.39 is 0 Å². The fraction of sp³-hybridized carbons (Fsp3) is 0.647. The highest BCUT2D eigenvalue weighted by Gasteiger charge is 2.28. The lowest BCUT2D eigenvalue weighted by Crippen LogP contribution is -2.21. The summed E-state index contributed by atoms with van der Waals surface area (Å²) in [7, 11) is 0. The zero-order chi connectivity index (χ0) is 13.2. The molecule has 0 amide bonds. The Bertz CT molecular complexity index is 392. The van der Waals surface area contributed by atoms with E-state index >= 15 is 0 Å². The van der Waals surface area contributed by atoms with E-state index in [1.54, 1.807) is 0 Å².